The highest BCUT2D eigenvalue weighted by atomic mass is 32.2. The molecule has 88 valence electrons. The van der Waals surface area contributed by atoms with Crippen LogP contribution >= 0.6 is 0 Å². The second-order valence-electron chi connectivity index (χ2n) is 3.85. The van der Waals surface area contributed by atoms with Crippen molar-refractivity contribution in [1.82, 2.24) is 9.62 Å². The van der Waals surface area contributed by atoms with Gasteiger partial charge >= 0.3 is 5.97 Å². The zero-order valence-electron chi connectivity index (χ0n) is 8.80. The Labute approximate surface area is 89.3 Å². The summed E-state index contributed by atoms with van der Waals surface area (Å²) >= 11 is 0. The highest BCUT2D eigenvalue weighted by Crippen LogP contribution is 2.16. The molecule has 6 nitrogen and oxygen atoms in total. The Kier molecular flexibility index (Phi) is 3.69. The predicted octanol–water partition coefficient (Wildman–Crippen LogP) is -0.917. The van der Waals surface area contributed by atoms with Crippen LogP contribution in [0, 0.1) is 0 Å². The molecule has 0 saturated carbocycles. The fourth-order valence-electron chi connectivity index (χ4n) is 1.96. The number of nitrogens with one attached hydrogen (secondary N) is 1. The smallest absolute Gasteiger partial charge is 0.305 e. The van der Waals surface area contributed by atoms with Gasteiger partial charge in [-0.25, -0.2) is 8.42 Å². The second kappa shape index (κ2) is 4.46. The molecule has 2 N–H and O–H groups in total. The van der Waals surface area contributed by atoms with Gasteiger partial charge in [-0.05, 0) is 6.92 Å². The van der Waals surface area contributed by atoms with E-state index in [2.05, 4.69) is 5.32 Å². The molecule has 0 aromatic carbocycles. The minimum absolute atomic E-state index is 0.162. The quantitative estimate of drug-likeness (QED) is 0.662. The monoisotopic (exact) mass is 236 g/mol. The van der Waals surface area contributed by atoms with E-state index in [0.29, 0.717) is 13.1 Å². The summed E-state index contributed by atoms with van der Waals surface area (Å²) in [6.07, 6.45) is 0.952. The van der Waals surface area contributed by atoms with E-state index in [4.69, 9.17) is 5.11 Å². The van der Waals surface area contributed by atoms with Gasteiger partial charge in [-0.15, -0.1) is 0 Å². The van der Waals surface area contributed by atoms with Crippen molar-refractivity contribution in [2.24, 2.45) is 0 Å². The summed E-state index contributed by atoms with van der Waals surface area (Å²) in [6.45, 7) is 2.72. The molecule has 1 heterocycles. The van der Waals surface area contributed by atoms with Gasteiger partial charge < -0.3 is 10.4 Å². The summed E-state index contributed by atoms with van der Waals surface area (Å²) in [5.41, 5.74) is 0. The van der Waals surface area contributed by atoms with Crippen LogP contribution in [-0.4, -0.2) is 55.2 Å². The molecule has 1 fully saturated rings. The Morgan fingerprint density at radius 1 is 1.53 bits per heavy atom. The zero-order chi connectivity index (χ0) is 11.6. The van der Waals surface area contributed by atoms with Gasteiger partial charge in [0.2, 0.25) is 10.0 Å². The lowest BCUT2D eigenvalue weighted by Crippen LogP contribution is -2.58. The topological polar surface area (TPSA) is 86.7 Å². The molecule has 1 saturated heterocycles. The molecular weight excluding hydrogens is 220 g/mol. The lowest BCUT2D eigenvalue weighted by molar-refractivity contribution is -0.138. The van der Waals surface area contributed by atoms with Gasteiger partial charge in [-0.2, -0.15) is 4.31 Å². The number of hydrogen-bond donors (Lipinski definition) is 2. The summed E-state index contributed by atoms with van der Waals surface area (Å²) in [7, 11) is -3.34. The fourth-order valence-corrected chi connectivity index (χ4v) is 3.38. The third-order valence-corrected chi connectivity index (χ3v) is 3.83. The van der Waals surface area contributed by atoms with Gasteiger partial charge in [0, 0.05) is 25.2 Å². The number of hydrogen-bond acceptors (Lipinski definition) is 4. The van der Waals surface area contributed by atoms with Crippen LogP contribution in [-0.2, 0) is 14.8 Å². The number of carboxylic acids is 1. The van der Waals surface area contributed by atoms with Crippen molar-refractivity contribution in [3.8, 4) is 0 Å². The molecule has 0 bridgehead atoms. The van der Waals surface area contributed by atoms with Crippen molar-refractivity contribution in [1.29, 1.82) is 0 Å². The minimum atomic E-state index is -3.34. The summed E-state index contributed by atoms with van der Waals surface area (Å²) in [5.74, 6) is -0.982. The predicted molar refractivity (Wildman–Crippen MR) is 55.1 cm³/mol. The molecule has 0 spiro atoms. The maximum Gasteiger partial charge on any atom is 0.305 e. The number of aliphatic carboxylic acids is 1. The van der Waals surface area contributed by atoms with Gasteiger partial charge in [0.15, 0.2) is 0 Å². The first-order valence-corrected chi connectivity index (χ1v) is 6.58. The van der Waals surface area contributed by atoms with E-state index in [1.807, 2.05) is 0 Å². The maximum atomic E-state index is 11.5. The Morgan fingerprint density at radius 2 is 2.13 bits per heavy atom. The van der Waals surface area contributed by atoms with E-state index in [1.54, 1.807) is 6.92 Å². The third-order valence-electron chi connectivity index (χ3n) is 2.41. The average Bonchev–Trinajstić information content (AvgIpc) is 1.99. The molecule has 1 rings (SSSR count). The van der Waals surface area contributed by atoms with Crippen LogP contribution in [0.2, 0.25) is 0 Å². The number of nitrogens with zero attached hydrogens (tertiary/aromatic N) is 1. The van der Waals surface area contributed by atoms with Crippen LogP contribution in [0.5, 0.6) is 0 Å². The highest BCUT2D eigenvalue weighted by molar-refractivity contribution is 7.88. The number of sulfonamides is 1. The van der Waals surface area contributed by atoms with E-state index >= 15 is 0 Å². The first kappa shape index (κ1) is 12.4. The molecule has 0 radical (unpaired) electrons. The van der Waals surface area contributed by atoms with E-state index in [0.717, 1.165) is 6.26 Å². The molecule has 2 atom stereocenters. The SMILES string of the molecule is CC1CNC[C@@H](CC(=O)O)N1S(C)(=O)=O. The van der Waals surface area contributed by atoms with Crippen LogP contribution in [0.25, 0.3) is 0 Å². The number of carbonyl (C=O) groups is 1. The maximum absolute atomic E-state index is 11.5. The van der Waals surface area contributed by atoms with E-state index in [9.17, 15) is 13.2 Å². The zero-order valence-corrected chi connectivity index (χ0v) is 9.62. The van der Waals surface area contributed by atoms with Crippen molar-refractivity contribution < 1.29 is 18.3 Å². The van der Waals surface area contributed by atoms with Crippen molar-refractivity contribution in [2.45, 2.75) is 25.4 Å². The van der Waals surface area contributed by atoms with Crippen LogP contribution < -0.4 is 5.32 Å². The van der Waals surface area contributed by atoms with Crippen LogP contribution in [0.4, 0.5) is 0 Å². The Bertz CT molecular complexity index is 341. The molecule has 0 aromatic rings. The van der Waals surface area contributed by atoms with Crippen molar-refractivity contribution in [3.05, 3.63) is 0 Å². The summed E-state index contributed by atoms with van der Waals surface area (Å²) < 4.78 is 24.3. The first-order valence-electron chi connectivity index (χ1n) is 4.73. The van der Waals surface area contributed by atoms with E-state index in [1.165, 1.54) is 4.31 Å². The second-order valence-corrected chi connectivity index (χ2v) is 5.74. The van der Waals surface area contributed by atoms with Crippen LogP contribution in [0.1, 0.15) is 13.3 Å². The van der Waals surface area contributed by atoms with Crippen LogP contribution in [0.15, 0.2) is 0 Å². The molecule has 1 aliphatic heterocycles. The molecule has 15 heavy (non-hydrogen) atoms. The largest absolute Gasteiger partial charge is 0.481 e. The first-order chi connectivity index (χ1) is 6.82. The van der Waals surface area contributed by atoms with Gasteiger partial charge in [-0.1, -0.05) is 0 Å². The molecule has 0 amide bonds. The summed E-state index contributed by atoms with van der Waals surface area (Å²) in [4.78, 5) is 10.6. The van der Waals surface area contributed by atoms with Crippen molar-refractivity contribution >= 4 is 16.0 Å². The van der Waals surface area contributed by atoms with E-state index < -0.39 is 22.0 Å². The Hall–Kier alpha value is -0.660. The van der Waals surface area contributed by atoms with Gasteiger partial charge in [-0.3, -0.25) is 4.79 Å². The molecular formula is C8H16N2O4S. The Balaban J connectivity index is 2.87. The van der Waals surface area contributed by atoms with Crippen molar-refractivity contribution in [3.63, 3.8) is 0 Å². The fraction of sp³-hybridized carbons (Fsp3) is 0.875. The standard InChI is InChI=1S/C8H16N2O4S/c1-6-4-9-5-7(3-8(11)12)10(6)15(2,13)14/h6-7,9H,3-5H2,1-2H3,(H,11,12)/t6?,7-/m1/s1. The lowest BCUT2D eigenvalue weighted by Gasteiger charge is -2.38. The average molecular weight is 236 g/mol. The molecule has 1 unspecified atom stereocenters. The number of piperazine rings is 1. The lowest BCUT2D eigenvalue weighted by atomic mass is 10.1. The van der Waals surface area contributed by atoms with E-state index in [-0.39, 0.29) is 12.5 Å². The number of rotatable bonds is 3. The van der Waals surface area contributed by atoms with Crippen molar-refractivity contribution in [2.75, 3.05) is 19.3 Å². The molecule has 0 aliphatic carbocycles. The number of carboxylic acid groups (broad SMARTS) is 1. The summed E-state index contributed by atoms with van der Waals surface area (Å²) in [6, 6.07) is -0.681. The van der Waals surface area contributed by atoms with Gasteiger partial charge in [0.1, 0.15) is 0 Å². The normalized spacial score (nSPS) is 28.9. The van der Waals surface area contributed by atoms with Gasteiger partial charge in [0.25, 0.3) is 0 Å². The Morgan fingerprint density at radius 3 is 2.60 bits per heavy atom. The molecule has 7 heteroatoms. The highest BCUT2D eigenvalue weighted by Gasteiger charge is 2.35. The molecule has 0 aromatic heterocycles. The molecule has 1 aliphatic rings. The minimum Gasteiger partial charge on any atom is -0.481 e. The third kappa shape index (κ3) is 3.15. The van der Waals surface area contributed by atoms with Crippen LogP contribution in [0.3, 0.4) is 0 Å². The summed E-state index contributed by atoms with van der Waals surface area (Å²) in [5, 5.41) is 11.7. The van der Waals surface area contributed by atoms with Gasteiger partial charge in [0.05, 0.1) is 12.7 Å².